The fourth-order valence-corrected chi connectivity index (χ4v) is 3.94. The number of phenolic OH excluding ortho intramolecular Hbond substituents is 1. The monoisotopic (exact) mass is 424 g/mol. The van der Waals surface area contributed by atoms with Crippen LogP contribution in [0.3, 0.4) is 0 Å². The third-order valence-corrected chi connectivity index (χ3v) is 5.77. The molecule has 0 saturated heterocycles. The molecule has 0 amide bonds. The molecular weight excluding hydrogens is 403 g/mol. The van der Waals surface area contributed by atoms with Crippen LogP contribution in [0.5, 0.6) is 5.75 Å². The van der Waals surface area contributed by atoms with Gasteiger partial charge in [0.2, 0.25) is 0 Å². The van der Waals surface area contributed by atoms with Gasteiger partial charge >= 0.3 is 0 Å². The summed E-state index contributed by atoms with van der Waals surface area (Å²) in [5.41, 5.74) is 5.17. The van der Waals surface area contributed by atoms with Crippen LogP contribution >= 0.6 is 23.2 Å². The van der Waals surface area contributed by atoms with E-state index in [0.717, 1.165) is 28.8 Å². The molecule has 3 aromatic rings. The third kappa shape index (κ3) is 4.48. The van der Waals surface area contributed by atoms with E-state index in [4.69, 9.17) is 28.2 Å². The molecule has 0 radical (unpaired) electrons. The van der Waals surface area contributed by atoms with E-state index in [1.807, 2.05) is 30.3 Å². The molecule has 2 unspecified atom stereocenters. The summed E-state index contributed by atoms with van der Waals surface area (Å²) >= 11 is 12.3. The Morgan fingerprint density at radius 2 is 1.66 bits per heavy atom. The smallest absolute Gasteiger partial charge is 0.126 e. The van der Waals surface area contributed by atoms with Crippen molar-refractivity contribution in [3.63, 3.8) is 0 Å². The minimum Gasteiger partial charge on any atom is -0.508 e. The Morgan fingerprint density at radius 3 is 2.34 bits per heavy atom. The Kier molecular flexibility index (Phi) is 5.91. The molecular formula is C24H22Cl2N2O. The van der Waals surface area contributed by atoms with Crippen molar-refractivity contribution in [2.24, 2.45) is 4.99 Å². The lowest BCUT2D eigenvalue weighted by Gasteiger charge is -2.31. The van der Waals surface area contributed by atoms with Gasteiger partial charge in [0.1, 0.15) is 11.9 Å². The second kappa shape index (κ2) is 8.58. The van der Waals surface area contributed by atoms with Gasteiger partial charge in [-0.15, -0.1) is 0 Å². The summed E-state index contributed by atoms with van der Waals surface area (Å²) in [5.74, 6) is 0.226. The number of hydrogen-bond donors (Lipinski definition) is 2. The van der Waals surface area contributed by atoms with Gasteiger partial charge < -0.3 is 5.11 Å². The molecule has 2 N–H and O–H groups in total. The van der Waals surface area contributed by atoms with Gasteiger partial charge in [0.25, 0.3) is 0 Å². The molecule has 0 aliphatic carbocycles. The zero-order chi connectivity index (χ0) is 20.4. The SMILES string of the molecule is CCc1ccc(C2=NC(c3ccc(Cl)cc3)NC(c3cc(Cl)ccc3O)C2)cc1. The van der Waals surface area contributed by atoms with Gasteiger partial charge in [0, 0.05) is 33.8 Å². The highest BCUT2D eigenvalue weighted by Gasteiger charge is 2.27. The quantitative estimate of drug-likeness (QED) is 0.502. The van der Waals surface area contributed by atoms with E-state index in [2.05, 4.69) is 36.5 Å². The Bertz CT molecular complexity index is 1030. The van der Waals surface area contributed by atoms with Crippen LogP contribution < -0.4 is 5.32 Å². The van der Waals surface area contributed by atoms with Crippen LogP contribution in [0.15, 0.2) is 71.7 Å². The van der Waals surface area contributed by atoms with Gasteiger partial charge in [-0.3, -0.25) is 10.3 Å². The number of nitrogens with zero attached hydrogens (tertiary/aromatic N) is 1. The van der Waals surface area contributed by atoms with Crippen molar-refractivity contribution < 1.29 is 5.11 Å². The number of phenols is 1. The van der Waals surface area contributed by atoms with Crippen molar-refractivity contribution in [2.45, 2.75) is 32.0 Å². The zero-order valence-electron chi connectivity index (χ0n) is 16.1. The second-order valence-corrected chi connectivity index (χ2v) is 8.08. The minimum atomic E-state index is -0.245. The molecule has 1 aliphatic heterocycles. The highest BCUT2D eigenvalue weighted by Crippen LogP contribution is 2.36. The molecule has 3 nitrogen and oxygen atoms in total. The summed E-state index contributed by atoms with van der Waals surface area (Å²) in [6.07, 6.45) is 1.41. The topological polar surface area (TPSA) is 44.6 Å². The first-order valence-corrected chi connectivity index (χ1v) is 10.4. The third-order valence-electron chi connectivity index (χ3n) is 5.29. The van der Waals surface area contributed by atoms with Gasteiger partial charge in [-0.2, -0.15) is 0 Å². The zero-order valence-corrected chi connectivity index (χ0v) is 17.6. The highest BCUT2D eigenvalue weighted by atomic mass is 35.5. The Labute approximate surface area is 181 Å². The van der Waals surface area contributed by atoms with E-state index < -0.39 is 0 Å². The van der Waals surface area contributed by atoms with Gasteiger partial charge in [-0.25, -0.2) is 0 Å². The Balaban J connectivity index is 1.75. The molecule has 0 spiro atoms. The Hall–Kier alpha value is -2.33. The van der Waals surface area contributed by atoms with E-state index >= 15 is 0 Å². The van der Waals surface area contributed by atoms with Crippen LogP contribution in [-0.4, -0.2) is 10.8 Å². The predicted octanol–water partition coefficient (Wildman–Crippen LogP) is 6.48. The summed E-state index contributed by atoms with van der Waals surface area (Å²) in [6, 6.07) is 21.2. The summed E-state index contributed by atoms with van der Waals surface area (Å²) in [6.45, 7) is 2.14. The van der Waals surface area contributed by atoms with Crippen molar-refractivity contribution in [1.29, 1.82) is 0 Å². The van der Waals surface area contributed by atoms with E-state index in [1.54, 1.807) is 12.1 Å². The van der Waals surface area contributed by atoms with E-state index in [1.165, 1.54) is 5.56 Å². The van der Waals surface area contributed by atoms with E-state index in [9.17, 15) is 5.11 Å². The van der Waals surface area contributed by atoms with E-state index in [0.29, 0.717) is 16.5 Å². The maximum Gasteiger partial charge on any atom is 0.126 e. The fraction of sp³-hybridized carbons (Fsp3) is 0.208. The summed E-state index contributed by atoms with van der Waals surface area (Å²) < 4.78 is 0. The van der Waals surface area contributed by atoms with Crippen molar-refractivity contribution >= 4 is 28.9 Å². The number of aromatic hydroxyl groups is 1. The number of aliphatic imine (C=N–C) groups is 1. The Morgan fingerprint density at radius 1 is 0.966 bits per heavy atom. The molecule has 0 saturated carbocycles. The molecule has 2 atom stereocenters. The summed E-state index contributed by atoms with van der Waals surface area (Å²) in [7, 11) is 0. The molecule has 29 heavy (non-hydrogen) atoms. The van der Waals surface area contributed by atoms with E-state index in [-0.39, 0.29) is 18.0 Å². The maximum absolute atomic E-state index is 10.4. The standard InChI is InChI=1S/C24H22Cl2N2O/c1-2-15-3-5-16(6-4-15)21-14-22(20-13-19(26)11-12-23(20)29)28-24(27-21)17-7-9-18(25)10-8-17/h3-13,22,24,28-29H,2,14H2,1H3. The van der Waals surface area contributed by atoms with Gasteiger partial charge in [0.05, 0.1) is 0 Å². The van der Waals surface area contributed by atoms with Crippen molar-refractivity contribution in [3.05, 3.63) is 99.0 Å². The average Bonchev–Trinajstić information content (AvgIpc) is 2.75. The first-order valence-electron chi connectivity index (χ1n) is 9.69. The number of halogens is 2. The normalized spacial score (nSPS) is 19.1. The molecule has 0 aromatic heterocycles. The first-order chi connectivity index (χ1) is 14.0. The van der Waals surface area contributed by atoms with Crippen LogP contribution in [0.25, 0.3) is 0 Å². The molecule has 3 aromatic carbocycles. The molecule has 0 bridgehead atoms. The van der Waals surface area contributed by atoms with Crippen molar-refractivity contribution in [2.75, 3.05) is 0 Å². The van der Waals surface area contributed by atoms with Crippen LogP contribution in [0, 0.1) is 0 Å². The number of benzene rings is 3. The first kappa shape index (κ1) is 20.0. The fourth-order valence-electron chi connectivity index (χ4n) is 3.63. The number of aryl methyl sites for hydroxylation is 1. The largest absolute Gasteiger partial charge is 0.508 e. The highest BCUT2D eigenvalue weighted by molar-refractivity contribution is 6.30. The van der Waals surface area contributed by atoms with Gasteiger partial charge in [-0.1, -0.05) is 66.5 Å². The lowest BCUT2D eigenvalue weighted by atomic mass is 9.93. The maximum atomic E-state index is 10.4. The lowest BCUT2D eigenvalue weighted by Crippen LogP contribution is -2.33. The molecule has 5 heteroatoms. The molecule has 0 fully saturated rings. The molecule has 4 rings (SSSR count). The van der Waals surface area contributed by atoms with Crippen molar-refractivity contribution in [3.8, 4) is 5.75 Å². The van der Waals surface area contributed by atoms with Crippen molar-refractivity contribution in [1.82, 2.24) is 5.32 Å². The minimum absolute atomic E-state index is 0.118. The van der Waals surface area contributed by atoms with Gasteiger partial charge in [-0.05, 0) is 53.4 Å². The van der Waals surface area contributed by atoms with Crippen LogP contribution in [0.2, 0.25) is 10.0 Å². The molecule has 148 valence electrons. The van der Waals surface area contributed by atoms with Crippen LogP contribution in [0.1, 0.15) is 47.8 Å². The number of hydrogen-bond acceptors (Lipinski definition) is 3. The molecule has 1 aliphatic rings. The average molecular weight is 425 g/mol. The summed E-state index contributed by atoms with van der Waals surface area (Å²) in [5, 5.41) is 15.3. The van der Waals surface area contributed by atoms with Crippen LogP contribution in [0.4, 0.5) is 0 Å². The lowest BCUT2D eigenvalue weighted by molar-refractivity contribution is 0.413. The van der Waals surface area contributed by atoms with Crippen LogP contribution in [-0.2, 0) is 6.42 Å². The number of rotatable bonds is 4. The predicted molar refractivity (Wildman–Crippen MR) is 120 cm³/mol. The molecule has 1 heterocycles. The summed E-state index contributed by atoms with van der Waals surface area (Å²) in [4.78, 5) is 4.98. The van der Waals surface area contributed by atoms with Gasteiger partial charge in [0.15, 0.2) is 0 Å². The second-order valence-electron chi connectivity index (χ2n) is 7.21. The number of nitrogens with one attached hydrogen (secondary N) is 1.